The molecule has 1 N–H and O–H groups in total. The number of likely N-dealkylation sites (N-methyl/N-ethyl adjacent to an activating group) is 1. The maximum atomic E-state index is 3.45. The number of hydrogen-bond donors (Lipinski definition) is 1. The summed E-state index contributed by atoms with van der Waals surface area (Å²) in [4.78, 5) is 2.35. The summed E-state index contributed by atoms with van der Waals surface area (Å²) in [7, 11) is 2.17. The molecule has 2 aliphatic rings. The zero-order valence-corrected chi connectivity index (χ0v) is 7.28. The van der Waals surface area contributed by atoms with Crippen LogP contribution in [0.15, 0.2) is 0 Å². The van der Waals surface area contributed by atoms with Crippen LogP contribution in [0.5, 0.6) is 0 Å². The molecule has 1 spiro atoms. The summed E-state index contributed by atoms with van der Waals surface area (Å²) in [6.07, 6.45) is 1.40. The van der Waals surface area contributed by atoms with E-state index in [4.69, 9.17) is 0 Å². The van der Waals surface area contributed by atoms with Crippen LogP contribution in [0, 0.1) is 0 Å². The Kier molecular flexibility index (Phi) is 2.32. The van der Waals surface area contributed by atoms with Crippen LogP contribution >= 0.6 is 0 Å². The highest BCUT2D eigenvalue weighted by Crippen LogP contribution is 2.28. The lowest BCUT2D eigenvalue weighted by molar-refractivity contribution is 0.0136. The molecule has 0 amide bonds. The van der Waals surface area contributed by atoms with Crippen molar-refractivity contribution in [3.05, 3.63) is 0 Å². The van der Waals surface area contributed by atoms with Gasteiger partial charge in [0, 0.05) is 18.6 Å². The molecule has 2 rings (SSSR count). The van der Waals surface area contributed by atoms with Gasteiger partial charge in [-0.2, -0.15) is 0 Å². The Balaban J connectivity index is 0.000000231. The summed E-state index contributed by atoms with van der Waals surface area (Å²) in [5.41, 5.74) is 0.592. The lowest BCUT2D eigenvalue weighted by Crippen LogP contribution is -2.74. The van der Waals surface area contributed by atoms with Gasteiger partial charge >= 0.3 is 0 Å². The highest BCUT2D eigenvalue weighted by molar-refractivity contribution is 5.07. The molecule has 0 aromatic heterocycles. The number of hydrogen-bond acceptors (Lipinski definition) is 2. The van der Waals surface area contributed by atoms with Crippen molar-refractivity contribution in [2.75, 3.05) is 26.7 Å². The number of likely N-dealkylation sites (tertiary alicyclic amines) is 1. The van der Waals surface area contributed by atoms with E-state index in [1.165, 1.54) is 26.1 Å². The highest BCUT2D eigenvalue weighted by Gasteiger charge is 2.45. The van der Waals surface area contributed by atoms with E-state index in [1.807, 2.05) is 13.8 Å². The quantitative estimate of drug-likeness (QED) is 0.535. The predicted octanol–water partition coefficient (Wildman–Crippen LogP) is 0.690. The smallest absolute Gasteiger partial charge is 0.0449 e. The van der Waals surface area contributed by atoms with Gasteiger partial charge in [-0.1, -0.05) is 13.8 Å². The average molecular weight is 142 g/mol. The Bertz CT molecular complexity index is 99.8. The summed E-state index contributed by atoms with van der Waals surface area (Å²) in [5, 5.41) is 3.45. The van der Waals surface area contributed by atoms with Gasteiger partial charge in [-0.15, -0.1) is 0 Å². The molecule has 0 saturated carbocycles. The monoisotopic (exact) mass is 142 g/mol. The van der Waals surface area contributed by atoms with Crippen molar-refractivity contribution in [2.24, 2.45) is 0 Å². The highest BCUT2D eigenvalue weighted by atomic mass is 15.3. The standard InChI is InChI=1S/C6H12N2.C2H6/c1-8-4-6(5-8)2-3-7-6;1-2/h7H,2-5H2,1H3;1-2H3. The molecule has 60 valence electrons. The molecule has 0 bridgehead atoms. The van der Waals surface area contributed by atoms with Crippen molar-refractivity contribution in [1.29, 1.82) is 0 Å². The molecule has 0 radical (unpaired) electrons. The van der Waals surface area contributed by atoms with Gasteiger partial charge in [-0.3, -0.25) is 0 Å². The van der Waals surface area contributed by atoms with E-state index >= 15 is 0 Å². The van der Waals surface area contributed by atoms with Gasteiger partial charge in [0.05, 0.1) is 0 Å². The second-order valence-electron chi connectivity index (χ2n) is 3.13. The van der Waals surface area contributed by atoms with E-state index in [0.717, 1.165) is 0 Å². The molecule has 2 saturated heterocycles. The van der Waals surface area contributed by atoms with Crippen LogP contribution in [0.4, 0.5) is 0 Å². The minimum atomic E-state index is 0.592. The largest absolute Gasteiger partial charge is 0.309 e. The second kappa shape index (κ2) is 2.89. The molecule has 2 aliphatic heterocycles. The molecule has 2 nitrogen and oxygen atoms in total. The van der Waals surface area contributed by atoms with Crippen LogP contribution in [-0.4, -0.2) is 37.1 Å². The fourth-order valence-electron chi connectivity index (χ4n) is 1.74. The molecule has 2 heterocycles. The fraction of sp³-hybridized carbons (Fsp3) is 1.00. The average Bonchev–Trinajstić information content (AvgIpc) is 1.82. The summed E-state index contributed by atoms with van der Waals surface area (Å²) in [5.74, 6) is 0. The van der Waals surface area contributed by atoms with E-state index in [1.54, 1.807) is 0 Å². The van der Waals surface area contributed by atoms with Crippen LogP contribution in [0.2, 0.25) is 0 Å². The van der Waals surface area contributed by atoms with Gasteiger partial charge in [-0.05, 0) is 20.0 Å². The van der Waals surface area contributed by atoms with Gasteiger partial charge in [0.1, 0.15) is 0 Å². The third-order valence-electron chi connectivity index (χ3n) is 2.25. The molecule has 2 fully saturated rings. The van der Waals surface area contributed by atoms with Crippen molar-refractivity contribution in [3.8, 4) is 0 Å². The van der Waals surface area contributed by atoms with E-state index in [2.05, 4.69) is 17.3 Å². The maximum Gasteiger partial charge on any atom is 0.0449 e. The molecule has 0 atom stereocenters. The third kappa shape index (κ3) is 1.18. The SMILES string of the molecule is CC.CN1CC2(CCN2)C1. The molecule has 0 aliphatic carbocycles. The van der Waals surface area contributed by atoms with Crippen molar-refractivity contribution >= 4 is 0 Å². The van der Waals surface area contributed by atoms with Crippen molar-refractivity contribution in [2.45, 2.75) is 25.8 Å². The Hall–Kier alpha value is -0.0800. The molecular formula is C8H18N2. The predicted molar refractivity (Wildman–Crippen MR) is 44.2 cm³/mol. The fourth-order valence-corrected chi connectivity index (χ4v) is 1.74. The van der Waals surface area contributed by atoms with E-state index in [-0.39, 0.29) is 0 Å². The van der Waals surface area contributed by atoms with Crippen LogP contribution in [0.3, 0.4) is 0 Å². The van der Waals surface area contributed by atoms with Crippen molar-refractivity contribution in [1.82, 2.24) is 10.2 Å². The van der Waals surface area contributed by atoms with E-state index in [9.17, 15) is 0 Å². The Labute approximate surface area is 63.6 Å². The Morgan fingerprint density at radius 2 is 1.80 bits per heavy atom. The topological polar surface area (TPSA) is 15.3 Å². The molecule has 0 unspecified atom stereocenters. The number of rotatable bonds is 0. The van der Waals surface area contributed by atoms with Crippen LogP contribution in [-0.2, 0) is 0 Å². The Morgan fingerprint density at radius 1 is 1.30 bits per heavy atom. The molecule has 10 heavy (non-hydrogen) atoms. The van der Waals surface area contributed by atoms with Gasteiger partial charge < -0.3 is 10.2 Å². The maximum absolute atomic E-state index is 3.45. The van der Waals surface area contributed by atoms with Crippen LogP contribution < -0.4 is 5.32 Å². The van der Waals surface area contributed by atoms with Gasteiger partial charge in [-0.25, -0.2) is 0 Å². The summed E-state index contributed by atoms with van der Waals surface area (Å²) in [6, 6.07) is 0. The summed E-state index contributed by atoms with van der Waals surface area (Å²) >= 11 is 0. The number of nitrogens with zero attached hydrogens (tertiary/aromatic N) is 1. The zero-order chi connectivity index (χ0) is 7.61. The summed E-state index contributed by atoms with van der Waals surface area (Å²) < 4.78 is 0. The molecular weight excluding hydrogens is 124 g/mol. The summed E-state index contributed by atoms with van der Waals surface area (Å²) in [6.45, 7) is 7.79. The lowest BCUT2D eigenvalue weighted by atomic mass is 9.81. The van der Waals surface area contributed by atoms with Gasteiger partial charge in [0.2, 0.25) is 0 Å². The lowest BCUT2D eigenvalue weighted by Gasteiger charge is -2.55. The minimum Gasteiger partial charge on any atom is -0.309 e. The van der Waals surface area contributed by atoms with E-state index in [0.29, 0.717) is 5.54 Å². The van der Waals surface area contributed by atoms with Crippen LogP contribution in [0.25, 0.3) is 0 Å². The number of nitrogens with one attached hydrogen (secondary N) is 1. The van der Waals surface area contributed by atoms with E-state index < -0.39 is 0 Å². The second-order valence-corrected chi connectivity index (χ2v) is 3.13. The van der Waals surface area contributed by atoms with Crippen LogP contribution in [0.1, 0.15) is 20.3 Å². The van der Waals surface area contributed by atoms with Crippen molar-refractivity contribution in [3.63, 3.8) is 0 Å². The normalized spacial score (nSPS) is 27.9. The minimum absolute atomic E-state index is 0.592. The van der Waals surface area contributed by atoms with Gasteiger partial charge in [0.15, 0.2) is 0 Å². The van der Waals surface area contributed by atoms with Crippen molar-refractivity contribution < 1.29 is 0 Å². The zero-order valence-electron chi connectivity index (χ0n) is 7.28. The first kappa shape index (κ1) is 8.02. The third-order valence-corrected chi connectivity index (χ3v) is 2.25. The molecule has 0 aromatic carbocycles. The Morgan fingerprint density at radius 3 is 1.90 bits per heavy atom. The van der Waals surface area contributed by atoms with Gasteiger partial charge in [0.25, 0.3) is 0 Å². The molecule has 2 heteroatoms. The molecule has 0 aromatic rings. The first-order valence-electron chi connectivity index (χ1n) is 4.24. The first-order chi connectivity index (χ1) is 4.81. The first-order valence-corrected chi connectivity index (χ1v) is 4.24.